The number of carbonyl (C=O) groups excluding carboxylic acids is 2. The zero-order valence-electron chi connectivity index (χ0n) is 9.73. The van der Waals surface area contributed by atoms with E-state index in [0.29, 0.717) is 25.6 Å². The van der Waals surface area contributed by atoms with Crippen molar-refractivity contribution >= 4 is 11.9 Å². The molecule has 0 amide bonds. The average molecular weight is 230 g/mol. The first-order chi connectivity index (χ1) is 7.69. The number of methoxy groups -OCH3 is 2. The van der Waals surface area contributed by atoms with Crippen LogP contribution in [0.15, 0.2) is 0 Å². The summed E-state index contributed by atoms with van der Waals surface area (Å²) < 4.78 is 14.4. The molecule has 16 heavy (non-hydrogen) atoms. The highest BCUT2D eigenvalue weighted by atomic mass is 16.5. The highest BCUT2D eigenvalue weighted by Gasteiger charge is 2.32. The van der Waals surface area contributed by atoms with Crippen LogP contribution in [0, 0.1) is 11.8 Å². The second kappa shape index (κ2) is 6.48. The van der Waals surface area contributed by atoms with Crippen LogP contribution >= 0.6 is 0 Å². The van der Waals surface area contributed by atoms with Gasteiger partial charge in [0.15, 0.2) is 5.92 Å². The lowest BCUT2D eigenvalue weighted by molar-refractivity contribution is -0.160. The van der Waals surface area contributed by atoms with Gasteiger partial charge in [0.25, 0.3) is 0 Å². The zero-order chi connectivity index (χ0) is 12.0. The van der Waals surface area contributed by atoms with Crippen molar-refractivity contribution in [3.8, 4) is 0 Å². The number of hydrogen-bond donors (Lipinski definition) is 0. The highest BCUT2D eigenvalue weighted by Crippen LogP contribution is 2.24. The summed E-state index contributed by atoms with van der Waals surface area (Å²) in [6.07, 6.45) is 2.25. The van der Waals surface area contributed by atoms with Crippen LogP contribution in [0.1, 0.15) is 19.3 Å². The largest absolute Gasteiger partial charge is 0.468 e. The molecular formula is C11H18O5. The summed E-state index contributed by atoms with van der Waals surface area (Å²) in [6, 6.07) is 0. The van der Waals surface area contributed by atoms with E-state index in [4.69, 9.17) is 4.74 Å². The van der Waals surface area contributed by atoms with Gasteiger partial charge >= 0.3 is 11.9 Å². The fourth-order valence-electron chi connectivity index (χ4n) is 1.89. The molecule has 92 valence electrons. The third kappa shape index (κ3) is 3.48. The van der Waals surface area contributed by atoms with Crippen LogP contribution in [0.5, 0.6) is 0 Å². The molecule has 1 aliphatic rings. The predicted octanol–water partition coefficient (Wildman–Crippen LogP) is 0.765. The predicted molar refractivity (Wildman–Crippen MR) is 55.7 cm³/mol. The van der Waals surface area contributed by atoms with Crippen molar-refractivity contribution in [1.29, 1.82) is 0 Å². The maximum absolute atomic E-state index is 11.4. The Morgan fingerprint density at radius 1 is 1.19 bits per heavy atom. The summed E-state index contributed by atoms with van der Waals surface area (Å²) >= 11 is 0. The molecule has 0 saturated carbocycles. The third-order valence-corrected chi connectivity index (χ3v) is 2.88. The normalized spacial score (nSPS) is 17.2. The smallest absolute Gasteiger partial charge is 0.320 e. The Labute approximate surface area is 95.0 Å². The SMILES string of the molecule is COC(=O)C(CC1CCOCC1)C(=O)OC. The van der Waals surface area contributed by atoms with Crippen molar-refractivity contribution in [3.05, 3.63) is 0 Å². The van der Waals surface area contributed by atoms with Crippen molar-refractivity contribution in [1.82, 2.24) is 0 Å². The van der Waals surface area contributed by atoms with E-state index < -0.39 is 17.9 Å². The van der Waals surface area contributed by atoms with Gasteiger partial charge in [-0.05, 0) is 25.2 Å². The third-order valence-electron chi connectivity index (χ3n) is 2.88. The molecular weight excluding hydrogens is 212 g/mol. The molecule has 0 unspecified atom stereocenters. The zero-order valence-corrected chi connectivity index (χ0v) is 9.73. The van der Waals surface area contributed by atoms with Gasteiger partial charge in [0.1, 0.15) is 0 Å². The quantitative estimate of drug-likeness (QED) is 0.527. The van der Waals surface area contributed by atoms with Gasteiger partial charge in [-0.25, -0.2) is 0 Å². The van der Waals surface area contributed by atoms with Gasteiger partial charge in [-0.1, -0.05) is 0 Å². The number of rotatable bonds is 4. The number of esters is 2. The molecule has 0 bridgehead atoms. The lowest BCUT2D eigenvalue weighted by atomic mass is 9.89. The molecule has 0 N–H and O–H groups in total. The molecule has 0 aromatic carbocycles. The van der Waals surface area contributed by atoms with Crippen molar-refractivity contribution in [2.75, 3.05) is 27.4 Å². The first-order valence-electron chi connectivity index (χ1n) is 5.42. The maximum Gasteiger partial charge on any atom is 0.320 e. The molecule has 1 fully saturated rings. The molecule has 0 radical (unpaired) electrons. The molecule has 1 saturated heterocycles. The van der Waals surface area contributed by atoms with Crippen LogP contribution in [0.3, 0.4) is 0 Å². The van der Waals surface area contributed by atoms with Gasteiger partial charge in [-0.2, -0.15) is 0 Å². The van der Waals surface area contributed by atoms with Gasteiger partial charge < -0.3 is 14.2 Å². The minimum absolute atomic E-state index is 0.331. The summed E-state index contributed by atoms with van der Waals surface area (Å²) in [6.45, 7) is 1.39. The fraction of sp³-hybridized carbons (Fsp3) is 0.818. The summed E-state index contributed by atoms with van der Waals surface area (Å²) in [5.74, 6) is -1.49. The Balaban J connectivity index is 2.54. The van der Waals surface area contributed by atoms with Gasteiger partial charge in [-0.15, -0.1) is 0 Å². The van der Waals surface area contributed by atoms with E-state index in [-0.39, 0.29) is 0 Å². The molecule has 0 aliphatic carbocycles. The van der Waals surface area contributed by atoms with Gasteiger partial charge in [-0.3, -0.25) is 9.59 Å². The minimum Gasteiger partial charge on any atom is -0.468 e. The van der Waals surface area contributed by atoms with E-state index in [1.807, 2.05) is 0 Å². The first-order valence-corrected chi connectivity index (χ1v) is 5.42. The van der Waals surface area contributed by atoms with Crippen LogP contribution in [0.4, 0.5) is 0 Å². The molecule has 0 aromatic heterocycles. The summed E-state index contributed by atoms with van der Waals surface area (Å²) in [5.41, 5.74) is 0. The van der Waals surface area contributed by atoms with E-state index in [2.05, 4.69) is 9.47 Å². The fourth-order valence-corrected chi connectivity index (χ4v) is 1.89. The molecule has 1 heterocycles. The van der Waals surface area contributed by atoms with Crippen LogP contribution in [0.25, 0.3) is 0 Å². The monoisotopic (exact) mass is 230 g/mol. The van der Waals surface area contributed by atoms with Gasteiger partial charge in [0.05, 0.1) is 14.2 Å². The lowest BCUT2D eigenvalue weighted by Crippen LogP contribution is -2.30. The summed E-state index contributed by atoms with van der Waals surface area (Å²) in [5, 5.41) is 0. The Kier molecular flexibility index (Phi) is 5.25. The summed E-state index contributed by atoms with van der Waals surface area (Å²) in [4.78, 5) is 22.9. The first kappa shape index (κ1) is 13.0. The highest BCUT2D eigenvalue weighted by molar-refractivity contribution is 5.94. The van der Waals surface area contributed by atoms with E-state index >= 15 is 0 Å². The van der Waals surface area contributed by atoms with Crippen molar-refractivity contribution in [2.24, 2.45) is 11.8 Å². The Bertz CT molecular complexity index is 229. The van der Waals surface area contributed by atoms with Crippen LogP contribution in [0.2, 0.25) is 0 Å². The Morgan fingerprint density at radius 3 is 2.12 bits per heavy atom. The summed E-state index contributed by atoms with van der Waals surface area (Å²) in [7, 11) is 2.56. The van der Waals surface area contributed by atoms with E-state index in [1.165, 1.54) is 14.2 Å². The van der Waals surface area contributed by atoms with E-state index in [0.717, 1.165) is 12.8 Å². The second-order valence-electron chi connectivity index (χ2n) is 3.89. The molecule has 0 atom stereocenters. The Hall–Kier alpha value is -1.10. The lowest BCUT2D eigenvalue weighted by Gasteiger charge is -2.24. The van der Waals surface area contributed by atoms with Crippen molar-refractivity contribution in [3.63, 3.8) is 0 Å². The van der Waals surface area contributed by atoms with Gasteiger partial charge in [0, 0.05) is 13.2 Å². The molecule has 5 nitrogen and oxygen atoms in total. The number of carbonyl (C=O) groups is 2. The molecule has 0 spiro atoms. The average Bonchev–Trinajstić information content (AvgIpc) is 2.35. The maximum atomic E-state index is 11.4. The van der Waals surface area contributed by atoms with E-state index in [9.17, 15) is 9.59 Å². The minimum atomic E-state index is -0.793. The second-order valence-corrected chi connectivity index (χ2v) is 3.89. The van der Waals surface area contributed by atoms with Crippen LogP contribution in [-0.4, -0.2) is 39.4 Å². The van der Waals surface area contributed by atoms with Crippen LogP contribution in [-0.2, 0) is 23.8 Å². The van der Waals surface area contributed by atoms with Crippen molar-refractivity contribution < 1.29 is 23.8 Å². The molecule has 5 heteroatoms. The molecule has 1 rings (SSSR count). The standard InChI is InChI=1S/C11H18O5/c1-14-10(12)9(11(13)15-2)7-8-3-5-16-6-4-8/h8-9H,3-7H2,1-2H3. The Morgan fingerprint density at radius 2 is 1.69 bits per heavy atom. The number of hydrogen-bond acceptors (Lipinski definition) is 5. The van der Waals surface area contributed by atoms with Gasteiger partial charge in [0.2, 0.25) is 0 Å². The topological polar surface area (TPSA) is 61.8 Å². The molecule has 0 aromatic rings. The van der Waals surface area contributed by atoms with Crippen molar-refractivity contribution in [2.45, 2.75) is 19.3 Å². The molecule has 1 aliphatic heterocycles. The number of ether oxygens (including phenoxy) is 3. The van der Waals surface area contributed by atoms with Crippen LogP contribution < -0.4 is 0 Å². The van der Waals surface area contributed by atoms with E-state index in [1.54, 1.807) is 0 Å².